The molecule has 12 heteroatoms. The number of amides is 2. The Balaban J connectivity index is 1.33. The molecule has 10 nitrogen and oxygen atoms in total. The molecule has 0 aliphatic carbocycles. The maximum absolute atomic E-state index is 13.7. The van der Waals surface area contributed by atoms with E-state index in [9.17, 15) is 22.8 Å². The van der Waals surface area contributed by atoms with Gasteiger partial charge >= 0.3 is 6.47 Å². The van der Waals surface area contributed by atoms with Gasteiger partial charge in [0.05, 0.1) is 4.90 Å². The van der Waals surface area contributed by atoms with E-state index in [1.54, 1.807) is 31.2 Å². The van der Waals surface area contributed by atoms with E-state index in [2.05, 4.69) is 4.90 Å². The van der Waals surface area contributed by atoms with E-state index in [0.29, 0.717) is 21.4 Å². The average molecular weight is 591 g/mol. The van der Waals surface area contributed by atoms with Gasteiger partial charge in [-0.25, -0.2) is 8.42 Å². The van der Waals surface area contributed by atoms with E-state index in [1.165, 1.54) is 29.9 Å². The van der Waals surface area contributed by atoms with Crippen LogP contribution >= 0.6 is 11.6 Å². The molecule has 3 aliphatic rings. The summed E-state index contributed by atoms with van der Waals surface area (Å²) in [5.74, 6) is -0.691. The molecule has 3 saturated heterocycles. The molecule has 216 valence electrons. The largest absolute Gasteiger partial charge is 0.355 e. The third-order valence-corrected chi connectivity index (χ3v) is 10.2. The summed E-state index contributed by atoms with van der Waals surface area (Å²) in [5, 5.41) is 1.88. The zero-order chi connectivity index (χ0) is 28.4. The normalized spacial score (nSPS) is 23.2. The number of nitrogens with zero attached hydrogens (tertiary/aromatic N) is 4. The fraction of sp³-hybridized carbons (Fsp3) is 0.536. The predicted octanol–water partition coefficient (Wildman–Crippen LogP) is 3.04. The number of carbonyl (C=O) groups is 3. The lowest BCUT2D eigenvalue weighted by atomic mass is 10.0. The van der Waals surface area contributed by atoms with Crippen molar-refractivity contribution in [2.75, 3.05) is 32.7 Å². The molecular weight excluding hydrogens is 556 g/mol. The third kappa shape index (κ3) is 5.70. The first-order valence-corrected chi connectivity index (χ1v) is 15.7. The second kappa shape index (κ2) is 12.0. The zero-order valence-electron chi connectivity index (χ0n) is 22.6. The molecular formula is C28H35ClN4O6S. The number of likely N-dealkylation sites (tertiary alicyclic amines) is 3. The number of halogens is 1. The molecule has 3 fully saturated rings. The summed E-state index contributed by atoms with van der Waals surface area (Å²) in [7, 11) is -4.39. The molecule has 2 aromatic carbocycles. The molecule has 0 aromatic heterocycles. The van der Waals surface area contributed by atoms with Crippen molar-refractivity contribution in [2.24, 2.45) is 0 Å². The topological polar surface area (TPSA) is 108 Å². The number of rotatable bonds is 9. The molecule has 1 unspecified atom stereocenters. The van der Waals surface area contributed by atoms with Gasteiger partial charge in [0.2, 0.25) is 11.8 Å². The van der Waals surface area contributed by atoms with E-state index in [1.807, 2.05) is 4.90 Å². The van der Waals surface area contributed by atoms with Crippen molar-refractivity contribution in [1.82, 2.24) is 19.2 Å². The molecule has 40 heavy (non-hydrogen) atoms. The summed E-state index contributed by atoms with van der Waals surface area (Å²) in [5.41, 5.74) is 0. The highest BCUT2D eigenvalue weighted by Crippen LogP contribution is 2.30. The summed E-state index contributed by atoms with van der Waals surface area (Å²) < 4.78 is 27.7. The first kappa shape index (κ1) is 28.8. The molecule has 0 radical (unpaired) electrons. The van der Waals surface area contributed by atoms with Gasteiger partial charge in [0, 0.05) is 30.7 Å². The summed E-state index contributed by atoms with van der Waals surface area (Å²) in [6, 6.07) is 7.56. The molecule has 0 saturated carbocycles. The number of hydrogen-bond donors (Lipinski definition) is 0. The van der Waals surface area contributed by atoms with Crippen LogP contribution in [0.25, 0.3) is 10.8 Å². The van der Waals surface area contributed by atoms with Crippen molar-refractivity contribution in [3.63, 3.8) is 0 Å². The quantitative estimate of drug-likeness (QED) is 0.326. The monoisotopic (exact) mass is 590 g/mol. The number of benzene rings is 2. The Bertz CT molecular complexity index is 1380. The first-order valence-electron chi connectivity index (χ1n) is 13.9. The predicted molar refractivity (Wildman–Crippen MR) is 150 cm³/mol. The van der Waals surface area contributed by atoms with Gasteiger partial charge in [0.25, 0.3) is 10.0 Å². The maximum atomic E-state index is 13.7. The van der Waals surface area contributed by atoms with Crippen LogP contribution in [0.3, 0.4) is 0 Å². The Labute approximate surface area is 239 Å². The number of carbonyl (C=O) groups excluding carboxylic acids is 3. The van der Waals surface area contributed by atoms with Crippen molar-refractivity contribution in [2.45, 2.75) is 68.5 Å². The minimum absolute atomic E-state index is 0.000421. The Morgan fingerprint density at radius 2 is 1.75 bits per heavy atom. The number of sulfonamides is 1. The number of hydrogen-bond acceptors (Lipinski definition) is 7. The van der Waals surface area contributed by atoms with Crippen LogP contribution in [-0.2, 0) is 29.2 Å². The first-order chi connectivity index (χ1) is 19.2. The minimum Gasteiger partial charge on any atom is -0.355 e. The highest BCUT2D eigenvalue weighted by molar-refractivity contribution is 7.89. The van der Waals surface area contributed by atoms with Gasteiger partial charge in [-0.1, -0.05) is 23.7 Å². The van der Waals surface area contributed by atoms with Crippen molar-refractivity contribution in [1.29, 1.82) is 0 Å². The van der Waals surface area contributed by atoms with Gasteiger partial charge in [-0.05, 0) is 98.0 Å². The van der Waals surface area contributed by atoms with Crippen LogP contribution in [0.4, 0.5) is 0 Å². The number of fused-ring (bicyclic) bond motifs is 1. The minimum atomic E-state index is -4.39. The second-order valence-corrected chi connectivity index (χ2v) is 13.0. The highest BCUT2D eigenvalue weighted by Gasteiger charge is 2.47. The smallest absolute Gasteiger partial charge is 0.314 e. The van der Waals surface area contributed by atoms with Crippen LogP contribution in [0.2, 0.25) is 5.02 Å². The summed E-state index contributed by atoms with van der Waals surface area (Å²) in [6.07, 6.45) is 5.36. The van der Waals surface area contributed by atoms with Crippen LogP contribution in [0.5, 0.6) is 0 Å². The Morgan fingerprint density at radius 3 is 2.50 bits per heavy atom. The van der Waals surface area contributed by atoms with Crippen molar-refractivity contribution in [3.8, 4) is 0 Å². The molecule has 3 heterocycles. The zero-order valence-corrected chi connectivity index (χ0v) is 24.1. The van der Waals surface area contributed by atoms with Crippen LogP contribution in [0.1, 0.15) is 45.4 Å². The van der Waals surface area contributed by atoms with Crippen LogP contribution < -0.4 is 0 Å². The summed E-state index contributed by atoms with van der Waals surface area (Å²) in [4.78, 5) is 49.2. The molecule has 0 N–H and O–H groups in total. The van der Waals surface area contributed by atoms with Gasteiger partial charge in [-0.2, -0.15) is 0 Å². The highest BCUT2D eigenvalue weighted by atomic mass is 35.5. The molecule has 0 spiro atoms. The van der Waals surface area contributed by atoms with Crippen LogP contribution in [0, 0.1) is 0 Å². The van der Waals surface area contributed by atoms with Gasteiger partial charge < -0.3 is 19.5 Å². The van der Waals surface area contributed by atoms with Crippen LogP contribution in [0.15, 0.2) is 41.3 Å². The van der Waals surface area contributed by atoms with E-state index < -0.39 is 28.0 Å². The molecule has 3 atom stereocenters. The molecule has 3 aliphatic heterocycles. The van der Waals surface area contributed by atoms with Gasteiger partial charge in [0.1, 0.15) is 12.1 Å². The fourth-order valence-electron chi connectivity index (χ4n) is 6.18. The van der Waals surface area contributed by atoms with Crippen molar-refractivity contribution < 1.29 is 27.6 Å². The fourth-order valence-corrected chi connectivity index (χ4v) is 7.77. The summed E-state index contributed by atoms with van der Waals surface area (Å²) in [6.45, 7) is 5.45. The SMILES string of the molecule is C[C@@H](C(=O)N1CCCCC1CN1CCCC1)N1CC[C@H](N(OC=O)S(=O)(=O)c2ccc3cc(Cl)ccc3c2)C1=O. The van der Waals surface area contributed by atoms with Gasteiger partial charge in [-0.3, -0.25) is 14.4 Å². The molecule has 2 aromatic rings. The molecule has 0 bridgehead atoms. The maximum Gasteiger partial charge on any atom is 0.314 e. The Morgan fingerprint density at radius 1 is 1.05 bits per heavy atom. The Hall–Kier alpha value is -2.73. The Kier molecular flexibility index (Phi) is 8.65. The van der Waals surface area contributed by atoms with Crippen molar-refractivity contribution >= 4 is 50.7 Å². The summed E-state index contributed by atoms with van der Waals surface area (Å²) >= 11 is 6.04. The van der Waals surface area contributed by atoms with Crippen molar-refractivity contribution in [3.05, 3.63) is 41.4 Å². The lowest BCUT2D eigenvalue weighted by molar-refractivity contribution is -0.164. The molecule has 2 amide bonds. The lowest BCUT2D eigenvalue weighted by Gasteiger charge is -2.40. The van der Waals surface area contributed by atoms with Crippen LogP contribution in [-0.4, -0.2) is 96.7 Å². The standard InChI is InChI=1S/C28H35ClN4O6S/c1-20(27(35)32-14-3-2-6-24(32)18-30-12-4-5-13-30)31-15-11-26(28(31)36)33(39-19-34)40(37,38)25-10-8-21-16-23(29)9-7-22(21)17-25/h7-10,16-17,19-20,24,26H,2-6,11-15,18H2,1H3/t20-,24?,26-/m0/s1. The average Bonchev–Trinajstić information content (AvgIpc) is 3.60. The van der Waals surface area contributed by atoms with E-state index in [4.69, 9.17) is 16.4 Å². The van der Waals surface area contributed by atoms with Gasteiger partial charge in [-0.15, -0.1) is 0 Å². The lowest BCUT2D eigenvalue weighted by Crippen LogP contribution is -2.56. The molecule has 5 rings (SSSR count). The van der Waals surface area contributed by atoms with E-state index >= 15 is 0 Å². The van der Waals surface area contributed by atoms with E-state index in [0.717, 1.165) is 44.3 Å². The third-order valence-electron chi connectivity index (χ3n) is 8.32. The van der Waals surface area contributed by atoms with E-state index in [-0.39, 0.29) is 36.3 Å². The number of hydroxylamine groups is 1. The number of piperidine rings is 1. The van der Waals surface area contributed by atoms with Gasteiger partial charge in [0.15, 0.2) is 0 Å². The second-order valence-electron chi connectivity index (χ2n) is 10.8.